The van der Waals surface area contributed by atoms with E-state index < -0.39 is 5.97 Å². The number of carbonyl (C=O) groups excluding carboxylic acids is 1. The minimum Gasteiger partial charge on any atom is -0.493 e. The van der Waals surface area contributed by atoms with Crippen molar-refractivity contribution in [2.75, 3.05) is 49.3 Å². The molecular weight excluding hydrogens is 594 g/mol. The van der Waals surface area contributed by atoms with Crippen LogP contribution in [0.4, 0.5) is 0 Å². The molecule has 0 spiro atoms. The molecule has 10 heteroatoms. The van der Waals surface area contributed by atoms with E-state index in [1.165, 1.54) is 0 Å². The van der Waals surface area contributed by atoms with E-state index in [1.807, 2.05) is 42.5 Å². The molecule has 0 saturated heterocycles. The van der Waals surface area contributed by atoms with Crippen molar-refractivity contribution in [1.29, 1.82) is 0 Å². The molecule has 3 aromatic carbocycles. The van der Waals surface area contributed by atoms with Gasteiger partial charge in [-0.15, -0.1) is 0 Å². The summed E-state index contributed by atoms with van der Waals surface area (Å²) in [5.74, 6) is 2.71. The van der Waals surface area contributed by atoms with Crippen LogP contribution in [-0.2, 0) is 4.74 Å². The van der Waals surface area contributed by atoms with Crippen molar-refractivity contribution in [2.45, 2.75) is 6.92 Å². The zero-order valence-electron chi connectivity index (χ0n) is 24.0. The number of aromatic nitrogens is 1. The number of benzene rings is 3. The lowest BCUT2D eigenvalue weighted by molar-refractivity contribution is 0.0521. The zero-order chi connectivity index (χ0) is 29.7. The van der Waals surface area contributed by atoms with E-state index in [2.05, 4.69) is 20.9 Å². The van der Waals surface area contributed by atoms with Gasteiger partial charge in [-0.1, -0.05) is 22.0 Å². The van der Waals surface area contributed by atoms with Crippen LogP contribution in [0.15, 0.2) is 53.0 Å². The van der Waals surface area contributed by atoms with Crippen LogP contribution in [-0.4, -0.2) is 60.2 Å². The second kappa shape index (κ2) is 12.9. The Morgan fingerprint density at radius 1 is 0.659 bits per heavy atom. The molecule has 4 aromatic rings. The van der Waals surface area contributed by atoms with E-state index >= 15 is 0 Å². The van der Waals surface area contributed by atoms with Crippen LogP contribution in [0.2, 0.25) is 0 Å². The molecule has 0 amide bonds. The third-order valence-electron chi connectivity index (χ3n) is 6.57. The molecule has 0 saturated carbocycles. The molecule has 1 heterocycles. The number of carbonyl (C=O) groups is 1. The van der Waals surface area contributed by atoms with Crippen molar-refractivity contribution < 1.29 is 38.0 Å². The van der Waals surface area contributed by atoms with Crippen molar-refractivity contribution in [3.05, 3.63) is 58.7 Å². The molecule has 0 aliphatic rings. The van der Waals surface area contributed by atoms with Gasteiger partial charge in [0.1, 0.15) is 5.69 Å². The summed E-state index contributed by atoms with van der Waals surface area (Å²) < 4.78 is 39.5. The quantitative estimate of drug-likeness (QED) is 0.178. The van der Waals surface area contributed by atoms with Crippen molar-refractivity contribution in [2.24, 2.45) is 0 Å². The number of nitrogens with one attached hydrogen (secondary N) is 1. The molecule has 0 aliphatic heterocycles. The molecule has 0 unspecified atom stereocenters. The van der Waals surface area contributed by atoms with Gasteiger partial charge in [0.25, 0.3) is 0 Å². The van der Waals surface area contributed by atoms with Crippen LogP contribution in [0.1, 0.15) is 17.4 Å². The average Bonchev–Trinajstić information content (AvgIpc) is 3.40. The van der Waals surface area contributed by atoms with Crippen LogP contribution in [0.3, 0.4) is 0 Å². The maximum atomic E-state index is 13.5. The van der Waals surface area contributed by atoms with Crippen molar-refractivity contribution >= 4 is 21.9 Å². The fourth-order valence-corrected chi connectivity index (χ4v) is 5.18. The Kier molecular flexibility index (Phi) is 9.34. The fraction of sp³-hybridized carbons (Fsp3) is 0.258. The molecule has 1 N–H and O–H groups in total. The molecule has 0 fully saturated rings. The predicted octanol–water partition coefficient (Wildman–Crippen LogP) is 7.01. The highest BCUT2D eigenvalue weighted by molar-refractivity contribution is 9.10. The van der Waals surface area contributed by atoms with Crippen molar-refractivity contribution in [1.82, 2.24) is 4.98 Å². The lowest BCUT2D eigenvalue weighted by Gasteiger charge is -2.16. The first-order valence-corrected chi connectivity index (χ1v) is 13.4. The Labute approximate surface area is 247 Å². The van der Waals surface area contributed by atoms with E-state index in [-0.39, 0.29) is 12.3 Å². The van der Waals surface area contributed by atoms with Gasteiger partial charge < -0.3 is 38.1 Å². The molecule has 0 radical (unpaired) electrons. The first-order valence-electron chi connectivity index (χ1n) is 12.6. The third-order valence-corrected chi connectivity index (χ3v) is 7.22. The highest BCUT2D eigenvalue weighted by atomic mass is 79.9. The van der Waals surface area contributed by atoms with Crippen LogP contribution in [0.25, 0.3) is 33.5 Å². The van der Waals surface area contributed by atoms with Gasteiger partial charge in [-0.25, -0.2) is 4.79 Å². The SMILES string of the molecule is CCOC(=O)c1[nH]c(-c2ccc(OC)c(OC)c2)c(-c2ccc(OC)c(OC)c2)c1-c1cc(OC)c(OC)cc1Br. The van der Waals surface area contributed by atoms with E-state index in [0.29, 0.717) is 61.4 Å². The van der Waals surface area contributed by atoms with Crippen LogP contribution >= 0.6 is 15.9 Å². The van der Waals surface area contributed by atoms with E-state index in [1.54, 1.807) is 55.6 Å². The number of halogens is 1. The number of hydrogen-bond acceptors (Lipinski definition) is 8. The summed E-state index contributed by atoms with van der Waals surface area (Å²) in [5, 5.41) is 0. The van der Waals surface area contributed by atoms with E-state index in [9.17, 15) is 4.79 Å². The third kappa shape index (κ3) is 5.65. The predicted molar refractivity (Wildman–Crippen MR) is 160 cm³/mol. The van der Waals surface area contributed by atoms with Crippen molar-refractivity contribution in [3.63, 3.8) is 0 Å². The summed E-state index contributed by atoms with van der Waals surface area (Å²) in [6.07, 6.45) is 0. The number of hydrogen-bond donors (Lipinski definition) is 1. The average molecular weight is 627 g/mol. The molecular formula is C31H32BrNO8. The smallest absolute Gasteiger partial charge is 0.355 e. The molecule has 0 atom stereocenters. The van der Waals surface area contributed by atoms with E-state index in [4.69, 9.17) is 33.2 Å². The number of ether oxygens (including phenoxy) is 7. The van der Waals surface area contributed by atoms with Gasteiger partial charge >= 0.3 is 5.97 Å². The fourth-order valence-electron chi connectivity index (χ4n) is 4.66. The van der Waals surface area contributed by atoms with Gasteiger partial charge in [-0.2, -0.15) is 0 Å². The summed E-state index contributed by atoms with van der Waals surface area (Å²) in [7, 11) is 9.42. The Hall–Kier alpha value is -4.31. The first-order chi connectivity index (χ1) is 19.8. The number of rotatable bonds is 11. The summed E-state index contributed by atoms with van der Waals surface area (Å²) >= 11 is 3.69. The maximum absolute atomic E-state index is 13.5. The molecule has 1 aromatic heterocycles. The van der Waals surface area contributed by atoms with Gasteiger partial charge in [0, 0.05) is 26.7 Å². The van der Waals surface area contributed by atoms with Crippen LogP contribution in [0, 0.1) is 0 Å². The maximum Gasteiger partial charge on any atom is 0.355 e. The second-order valence-corrected chi connectivity index (χ2v) is 9.53. The lowest BCUT2D eigenvalue weighted by atomic mass is 9.92. The second-order valence-electron chi connectivity index (χ2n) is 8.67. The molecule has 9 nitrogen and oxygen atoms in total. The van der Waals surface area contributed by atoms with Gasteiger partial charge in [-0.3, -0.25) is 0 Å². The molecule has 0 aliphatic carbocycles. The van der Waals surface area contributed by atoms with Crippen molar-refractivity contribution in [3.8, 4) is 68.0 Å². The Morgan fingerprint density at radius 3 is 1.68 bits per heavy atom. The summed E-state index contributed by atoms with van der Waals surface area (Å²) in [6, 6.07) is 14.7. The molecule has 4 rings (SSSR count). The Balaban J connectivity index is 2.16. The number of esters is 1. The number of methoxy groups -OCH3 is 6. The number of aromatic amines is 1. The van der Waals surface area contributed by atoms with Crippen LogP contribution in [0.5, 0.6) is 34.5 Å². The Bertz CT molecular complexity index is 1560. The van der Waals surface area contributed by atoms with Crippen LogP contribution < -0.4 is 28.4 Å². The summed E-state index contributed by atoms with van der Waals surface area (Å²) in [4.78, 5) is 16.8. The Morgan fingerprint density at radius 2 is 1.15 bits per heavy atom. The largest absolute Gasteiger partial charge is 0.493 e. The standard InChI is InChI=1S/C31H32BrNO8/c1-8-41-31(34)30-28(19-15-25(39-6)26(40-7)16-20(19)32)27(17-9-11-21(35-2)23(13-17)37-4)29(33-30)18-10-12-22(36-3)24(14-18)38-5/h9-16,33H,8H2,1-7H3. The molecule has 41 heavy (non-hydrogen) atoms. The lowest BCUT2D eigenvalue weighted by Crippen LogP contribution is -2.07. The monoisotopic (exact) mass is 625 g/mol. The van der Waals surface area contributed by atoms with E-state index in [0.717, 1.165) is 11.1 Å². The normalized spacial score (nSPS) is 10.6. The van der Waals surface area contributed by atoms with Gasteiger partial charge in [-0.05, 0) is 55.0 Å². The number of H-pyrrole nitrogens is 1. The summed E-state index contributed by atoms with van der Waals surface area (Å²) in [5.41, 5.74) is 4.41. The molecule has 0 bridgehead atoms. The summed E-state index contributed by atoms with van der Waals surface area (Å²) in [6.45, 7) is 1.96. The molecule has 216 valence electrons. The first kappa shape index (κ1) is 29.7. The highest BCUT2D eigenvalue weighted by Crippen LogP contribution is 2.49. The topological polar surface area (TPSA) is 97.5 Å². The van der Waals surface area contributed by atoms with Gasteiger partial charge in [0.05, 0.1) is 55.0 Å². The van der Waals surface area contributed by atoms with Gasteiger partial charge in [0.2, 0.25) is 0 Å². The highest BCUT2D eigenvalue weighted by Gasteiger charge is 2.29. The minimum absolute atomic E-state index is 0.196. The van der Waals surface area contributed by atoms with Gasteiger partial charge in [0.15, 0.2) is 34.5 Å². The zero-order valence-corrected chi connectivity index (χ0v) is 25.6. The minimum atomic E-state index is -0.516.